The van der Waals surface area contributed by atoms with Crippen LogP contribution in [0.1, 0.15) is 56.1 Å². The molecule has 2 aromatic rings. The van der Waals surface area contributed by atoms with Crippen LogP contribution in [0.3, 0.4) is 0 Å². The summed E-state index contributed by atoms with van der Waals surface area (Å²) in [4.78, 5) is 28.8. The van der Waals surface area contributed by atoms with Gasteiger partial charge in [-0.2, -0.15) is 0 Å². The third kappa shape index (κ3) is 4.76. The van der Waals surface area contributed by atoms with Crippen molar-refractivity contribution in [3.05, 3.63) is 87.2 Å². The molecule has 0 fully saturated rings. The highest BCUT2D eigenvalue weighted by Gasteiger charge is 2.41. The number of nitrogens with one attached hydrogen (secondary N) is 1. The first-order chi connectivity index (χ1) is 16.3. The third-order valence-corrected chi connectivity index (χ3v) is 6.82. The summed E-state index contributed by atoms with van der Waals surface area (Å²) < 4.78 is 5.54. The van der Waals surface area contributed by atoms with Gasteiger partial charge >= 0.3 is 5.97 Å². The summed E-state index contributed by atoms with van der Waals surface area (Å²) in [6.45, 7) is 4.21. The smallest absolute Gasteiger partial charge is 0.336 e. The molecule has 0 saturated heterocycles. The van der Waals surface area contributed by atoms with Crippen molar-refractivity contribution in [3.63, 3.8) is 0 Å². The molecule has 0 radical (unpaired) electrons. The second kappa shape index (κ2) is 10.1. The van der Waals surface area contributed by atoms with Gasteiger partial charge in [0.1, 0.15) is 0 Å². The van der Waals surface area contributed by atoms with Gasteiger partial charge < -0.3 is 15.0 Å². The van der Waals surface area contributed by atoms with Crippen LogP contribution >= 0.6 is 11.6 Å². The van der Waals surface area contributed by atoms with E-state index in [0.717, 1.165) is 34.6 Å². The Kier molecular flexibility index (Phi) is 7.13. The topological polar surface area (TPSA) is 58.6 Å². The van der Waals surface area contributed by atoms with Gasteiger partial charge in [-0.15, -0.1) is 0 Å². The fraction of sp³-hybridized carbons (Fsp3) is 0.357. The number of benzene rings is 2. The SMILES string of the molecule is CCCOC(=O)C1=C(C)NC2=C(C(=O)C[C@@H](c3ccc(Cl)cc3)C2)[C@@H]1c1ccc(N(C)C)cc1. The van der Waals surface area contributed by atoms with Gasteiger partial charge in [0.25, 0.3) is 0 Å². The van der Waals surface area contributed by atoms with Crippen LogP contribution in [-0.2, 0) is 14.3 Å². The zero-order chi connectivity index (χ0) is 24.4. The standard InChI is InChI=1S/C28H31ClN2O3/c1-5-14-34-28(33)25-17(2)30-23-15-20(18-6-10-21(29)11-7-18)16-24(32)27(23)26(25)19-8-12-22(13-9-19)31(3)4/h6-13,20,26,30H,5,14-16H2,1-4H3/t20-,26+/m0/s1. The lowest BCUT2D eigenvalue weighted by atomic mass is 9.71. The lowest BCUT2D eigenvalue weighted by Gasteiger charge is -2.36. The van der Waals surface area contributed by atoms with Gasteiger partial charge in [0, 0.05) is 54.1 Å². The van der Waals surface area contributed by atoms with E-state index in [2.05, 4.69) is 5.32 Å². The molecule has 0 amide bonds. The molecule has 2 aliphatic rings. The second-order valence-corrected chi connectivity index (χ2v) is 9.63. The number of allylic oxidation sites excluding steroid dienone is 3. The molecule has 6 heteroatoms. The van der Waals surface area contributed by atoms with Gasteiger partial charge in [0.05, 0.1) is 12.2 Å². The van der Waals surface area contributed by atoms with Crippen molar-refractivity contribution in [2.24, 2.45) is 0 Å². The van der Waals surface area contributed by atoms with Crippen LogP contribution in [0.2, 0.25) is 5.02 Å². The van der Waals surface area contributed by atoms with Gasteiger partial charge in [-0.3, -0.25) is 4.79 Å². The minimum absolute atomic E-state index is 0.0590. The number of hydrogen-bond acceptors (Lipinski definition) is 5. The Morgan fingerprint density at radius 1 is 1.06 bits per heavy atom. The van der Waals surface area contributed by atoms with Crippen molar-refractivity contribution in [1.82, 2.24) is 5.32 Å². The molecule has 1 aliphatic carbocycles. The molecule has 2 aromatic carbocycles. The molecule has 1 N–H and O–H groups in total. The Morgan fingerprint density at radius 3 is 2.32 bits per heavy atom. The van der Waals surface area contributed by atoms with Crippen LogP contribution in [0.5, 0.6) is 0 Å². The van der Waals surface area contributed by atoms with E-state index in [9.17, 15) is 9.59 Å². The van der Waals surface area contributed by atoms with Crippen molar-refractivity contribution >= 4 is 29.0 Å². The number of anilines is 1. The van der Waals surface area contributed by atoms with Gasteiger partial charge in [-0.1, -0.05) is 42.8 Å². The zero-order valence-electron chi connectivity index (χ0n) is 20.2. The molecule has 1 heterocycles. The molecule has 178 valence electrons. The van der Waals surface area contributed by atoms with Crippen LogP contribution in [0, 0.1) is 0 Å². The maximum atomic E-state index is 13.6. The molecule has 0 spiro atoms. The highest BCUT2D eigenvalue weighted by Crippen LogP contribution is 2.46. The summed E-state index contributed by atoms with van der Waals surface area (Å²) in [5.74, 6) is -0.693. The van der Waals surface area contributed by atoms with Gasteiger partial charge in [0.15, 0.2) is 5.78 Å². The Hall–Kier alpha value is -3.05. The molecule has 5 nitrogen and oxygen atoms in total. The summed E-state index contributed by atoms with van der Waals surface area (Å²) >= 11 is 6.07. The summed E-state index contributed by atoms with van der Waals surface area (Å²) in [5.41, 5.74) is 5.89. The van der Waals surface area contributed by atoms with Crippen molar-refractivity contribution in [2.75, 3.05) is 25.6 Å². The molecule has 2 atom stereocenters. The molecule has 0 unspecified atom stereocenters. The number of halogens is 1. The maximum Gasteiger partial charge on any atom is 0.336 e. The number of rotatable bonds is 6. The lowest BCUT2D eigenvalue weighted by molar-refractivity contribution is -0.139. The minimum atomic E-state index is -0.449. The van der Waals surface area contributed by atoms with Crippen LogP contribution in [0.4, 0.5) is 5.69 Å². The Balaban J connectivity index is 1.76. The van der Waals surface area contributed by atoms with E-state index < -0.39 is 5.92 Å². The Morgan fingerprint density at radius 2 is 1.71 bits per heavy atom. The molecule has 1 aliphatic heterocycles. The number of ketones is 1. The van der Waals surface area contributed by atoms with E-state index >= 15 is 0 Å². The first-order valence-corrected chi connectivity index (χ1v) is 12.1. The van der Waals surface area contributed by atoms with Crippen LogP contribution in [0.15, 0.2) is 71.1 Å². The predicted molar refractivity (Wildman–Crippen MR) is 136 cm³/mol. The van der Waals surface area contributed by atoms with Gasteiger partial charge in [0.2, 0.25) is 0 Å². The van der Waals surface area contributed by atoms with E-state index in [1.807, 2.05) is 81.4 Å². The maximum absolute atomic E-state index is 13.6. The van der Waals surface area contributed by atoms with Crippen molar-refractivity contribution in [1.29, 1.82) is 0 Å². The van der Waals surface area contributed by atoms with E-state index in [-0.39, 0.29) is 17.7 Å². The highest BCUT2D eigenvalue weighted by atomic mass is 35.5. The number of nitrogens with zero attached hydrogens (tertiary/aromatic N) is 1. The Bertz CT molecular complexity index is 1150. The summed E-state index contributed by atoms with van der Waals surface area (Å²) in [6.07, 6.45) is 1.83. The van der Waals surface area contributed by atoms with Crippen LogP contribution in [0.25, 0.3) is 0 Å². The normalized spacial score (nSPS) is 20.1. The predicted octanol–water partition coefficient (Wildman–Crippen LogP) is 5.72. The highest BCUT2D eigenvalue weighted by molar-refractivity contribution is 6.30. The number of ether oxygens (including phenoxy) is 1. The molecule has 0 aromatic heterocycles. The number of hydrogen-bond donors (Lipinski definition) is 1. The molecular formula is C28H31ClN2O3. The first kappa shape index (κ1) is 24.1. The summed E-state index contributed by atoms with van der Waals surface area (Å²) in [5, 5.41) is 4.08. The number of carbonyl (C=O) groups excluding carboxylic acids is 2. The summed E-state index contributed by atoms with van der Waals surface area (Å²) in [6, 6.07) is 15.8. The monoisotopic (exact) mass is 478 g/mol. The zero-order valence-corrected chi connectivity index (χ0v) is 20.9. The average Bonchev–Trinajstić information content (AvgIpc) is 2.82. The fourth-order valence-corrected chi connectivity index (χ4v) is 4.98. The summed E-state index contributed by atoms with van der Waals surface area (Å²) in [7, 11) is 3.97. The number of Topliss-reactive ketones (excluding diaryl/α,β-unsaturated/α-hetero) is 1. The van der Waals surface area contributed by atoms with Crippen molar-refractivity contribution in [3.8, 4) is 0 Å². The second-order valence-electron chi connectivity index (χ2n) is 9.19. The first-order valence-electron chi connectivity index (χ1n) is 11.7. The fourth-order valence-electron chi connectivity index (χ4n) is 4.85. The van der Waals surface area contributed by atoms with Crippen LogP contribution < -0.4 is 10.2 Å². The molecule has 0 saturated carbocycles. The third-order valence-electron chi connectivity index (χ3n) is 6.57. The molecule has 0 bridgehead atoms. The minimum Gasteiger partial charge on any atom is -0.462 e. The lowest BCUT2D eigenvalue weighted by Crippen LogP contribution is -2.36. The van der Waals surface area contributed by atoms with E-state index in [1.165, 1.54) is 0 Å². The average molecular weight is 479 g/mol. The number of dihydropyridines is 1. The molecule has 4 rings (SSSR count). The van der Waals surface area contributed by atoms with E-state index in [1.54, 1.807) is 0 Å². The molecule has 34 heavy (non-hydrogen) atoms. The van der Waals surface area contributed by atoms with Gasteiger partial charge in [-0.05, 0) is 61.1 Å². The van der Waals surface area contributed by atoms with E-state index in [0.29, 0.717) is 35.6 Å². The van der Waals surface area contributed by atoms with E-state index in [4.69, 9.17) is 16.3 Å². The number of esters is 1. The van der Waals surface area contributed by atoms with Crippen molar-refractivity contribution in [2.45, 2.75) is 44.9 Å². The number of carbonyl (C=O) groups is 2. The molecular weight excluding hydrogens is 448 g/mol. The quantitative estimate of drug-likeness (QED) is 0.538. The van der Waals surface area contributed by atoms with Crippen LogP contribution in [-0.4, -0.2) is 32.5 Å². The Labute approximate surface area is 206 Å². The van der Waals surface area contributed by atoms with Crippen molar-refractivity contribution < 1.29 is 14.3 Å². The van der Waals surface area contributed by atoms with Gasteiger partial charge in [-0.25, -0.2) is 4.79 Å². The largest absolute Gasteiger partial charge is 0.462 e.